The summed E-state index contributed by atoms with van der Waals surface area (Å²) in [5.74, 6) is 1.66. The quantitative estimate of drug-likeness (QED) is 0.238. The summed E-state index contributed by atoms with van der Waals surface area (Å²) in [7, 11) is -0.893. The lowest BCUT2D eigenvalue weighted by atomic mass is 10.1. The number of H-pyrrole nitrogens is 1. The highest BCUT2D eigenvalue weighted by Crippen LogP contribution is 2.16. The molecule has 0 aliphatic carbocycles. The highest BCUT2D eigenvalue weighted by molar-refractivity contribution is 7.99. The van der Waals surface area contributed by atoms with Gasteiger partial charge in [0.2, 0.25) is 0 Å². The minimum atomic E-state index is -0.893. The second kappa shape index (κ2) is 12.6. The third-order valence-corrected chi connectivity index (χ3v) is 7.39. The van der Waals surface area contributed by atoms with E-state index in [-0.39, 0.29) is 5.56 Å². The number of rotatable bonds is 12. The second-order valence-corrected chi connectivity index (χ2v) is 10.2. The third kappa shape index (κ3) is 8.07. The Morgan fingerprint density at radius 2 is 1.77 bits per heavy atom. The largest absolute Gasteiger partial charge is 0.301 e. The van der Waals surface area contributed by atoms with Gasteiger partial charge in [0, 0.05) is 47.0 Å². The lowest BCUT2D eigenvalue weighted by Crippen LogP contribution is -2.14. The molecule has 5 nitrogen and oxygen atoms in total. The number of nitrogens with zero attached hydrogens (tertiary/aromatic N) is 2. The van der Waals surface area contributed by atoms with Crippen LogP contribution in [0.3, 0.4) is 0 Å². The van der Waals surface area contributed by atoms with Gasteiger partial charge in [0.05, 0.1) is 10.8 Å². The number of pyridine rings is 1. The molecule has 0 fully saturated rings. The average Bonchev–Trinajstić information content (AvgIpc) is 2.78. The molecule has 0 saturated heterocycles. The first kappa shape index (κ1) is 23.4. The fraction of sp³-hybridized carbons (Fsp3) is 0.375. The lowest BCUT2D eigenvalue weighted by molar-refractivity contribution is 0.649. The number of benzene rings is 1. The monoisotopic (exact) mass is 455 g/mol. The van der Waals surface area contributed by atoms with Crippen LogP contribution in [0.2, 0.25) is 0 Å². The van der Waals surface area contributed by atoms with Crippen LogP contribution in [-0.4, -0.2) is 30.7 Å². The predicted molar refractivity (Wildman–Crippen MR) is 128 cm³/mol. The summed E-state index contributed by atoms with van der Waals surface area (Å²) in [5, 5.41) is 0.674. The van der Waals surface area contributed by atoms with Crippen molar-refractivity contribution >= 4 is 22.6 Å². The van der Waals surface area contributed by atoms with Crippen LogP contribution in [0.1, 0.15) is 48.8 Å². The molecular weight excluding hydrogens is 426 g/mol. The highest BCUT2D eigenvalue weighted by atomic mass is 32.2. The van der Waals surface area contributed by atoms with Gasteiger partial charge in [-0.05, 0) is 43.5 Å². The molecule has 0 bridgehead atoms. The molecule has 0 spiro atoms. The Balaban J connectivity index is 1.28. The fourth-order valence-electron chi connectivity index (χ4n) is 3.17. The molecule has 0 aliphatic rings. The summed E-state index contributed by atoms with van der Waals surface area (Å²) in [6, 6.07) is 11.8. The van der Waals surface area contributed by atoms with Gasteiger partial charge in [-0.1, -0.05) is 54.8 Å². The topological polar surface area (TPSA) is 75.7 Å². The smallest absolute Gasteiger partial charge is 0.255 e. The van der Waals surface area contributed by atoms with Crippen molar-refractivity contribution in [2.75, 3.05) is 11.5 Å². The van der Waals surface area contributed by atoms with Gasteiger partial charge in [-0.25, -0.2) is 4.98 Å². The second-order valence-electron chi connectivity index (χ2n) is 7.56. The molecule has 1 N–H and O–H groups in total. The maximum atomic E-state index is 12.3. The zero-order valence-corrected chi connectivity index (χ0v) is 19.5. The van der Waals surface area contributed by atoms with Gasteiger partial charge in [-0.15, -0.1) is 0 Å². The number of aryl methyl sites for hydroxylation is 1. The van der Waals surface area contributed by atoms with Gasteiger partial charge in [-0.2, -0.15) is 0 Å². The maximum absolute atomic E-state index is 12.3. The molecule has 3 aromatic rings. The van der Waals surface area contributed by atoms with E-state index in [0.29, 0.717) is 17.1 Å². The maximum Gasteiger partial charge on any atom is 0.255 e. The summed E-state index contributed by atoms with van der Waals surface area (Å²) in [4.78, 5) is 24.5. The van der Waals surface area contributed by atoms with Crippen LogP contribution >= 0.6 is 11.8 Å². The van der Waals surface area contributed by atoms with Crippen molar-refractivity contribution in [1.82, 2.24) is 15.0 Å². The molecular formula is C24H29N3O2S2. The van der Waals surface area contributed by atoms with Gasteiger partial charge in [-0.3, -0.25) is 14.0 Å². The Labute approximate surface area is 190 Å². The van der Waals surface area contributed by atoms with Crippen molar-refractivity contribution < 1.29 is 4.21 Å². The predicted octanol–water partition coefficient (Wildman–Crippen LogP) is 4.91. The van der Waals surface area contributed by atoms with Crippen LogP contribution in [0.25, 0.3) is 0 Å². The molecule has 0 radical (unpaired) electrons. The SMILES string of the molecule is Cc1ccc(S(=O)CCCCCCCSc2ncc(Cc3cccnc3)c(=O)[nH]2)cc1. The molecule has 164 valence electrons. The molecule has 3 rings (SSSR count). The number of hydrogen-bond acceptors (Lipinski definition) is 5. The third-order valence-electron chi connectivity index (χ3n) is 4.96. The number of aromatic nitrogens is 3. The molecule has 7 heteroatoms. The molecule has 1 aromatic carbocycles. The minimum absolute atomic E-state index is 0.0806. The van der Waals surface area contributed by atoms with E-state index in [1.54, 1.807) is 30.4 Å². The standard InChI is InChI=1S/C24H29N3O2S2/c1-19-9-11-22(12-10-19)31(29)15-6-4-2-3-5-14-30-24-26-18-21(23(28)27-24)16-20-8-7-13-25-17-20/h7-13,17-18H,2-6,14-16H2,1H3,(H,26,27,28). The van der Waals surface area contributed by atoms with Crippen molar-refractivity contribution in [3.8, 4) is 0 Å². The normalized spacial score (nSPS) is 12.0. The van der Waals surface area contributed by atoms with Gasteiger partial charge >= 0.3 is 0 Å². The zero-order chi connectivity index (χ0) is 21.9. The van der Waals surface area contributed by atoms with Crippen molar-refractivity contribution in [2.45, 2.75) is 55.5 Å². The van der Waals surface area contributed by atoms with Gasteiger partial charge in [0.25, 0.3) is 5.56 Å². The average molecular weight is 456 g/mol. The summed E-state index contributed by atoms with van der Waals surface area (Å²) in [6.07, 6.45) is 11.1. The molecule has 1 unspecified atom stereocenters. The first-order valence-corrected chi connectivity index (χ1v) is 13.0. The summed E-state index contributed by atoms with van der Waals surface area (Å²) >= 11 is 1.59. The Hall–Kier alpha value is -2.25. The van der Waals surface area contributed by atoms with E-state index >= 15 is 0 Å². The Kier molecular flexibility index (Phi) is 9.49. The summed E-state index contributed by atoms with van der Waals surface area (Å²) < 4.78 is 12.3. The molecule has 31 heavy (non-hydrogen) atoms. The van der Waals surface area contributed by atoms with Crippen LogP contribution in [0, 0.1) is 6.92 Å². The number of aromatic amines is 1. The van der Waals surface area contributed by atoms with Crippen molar-refractivity contribution in [2.24, 2.45) is 0 Å². The van der Waals surface area contributed by atoms with Crippen LogP contribution in [-0.2, 0) is 17.2 Å². The van der Waals surface area contributed by atoms with Crippen LogP contribution in [0.15, 0.2) is 69.8 Å². The van der Waals surface area contributed by atoms with E-state index in [0.717, 1.165) is 54.1 Å². The summed E-state index contributed by atoms with van der Waals surface area (Å²) in [5.41, 5.74) is 2.76. The Bertz CT molecular complexity index is 1020. The van der Waals surface area contributed by atoms with Crippen LogP contribution < -0.4 is 5.56 Å². The lowest BCUT2D eigenvalue weighted by Gasteiger charge is -2.05. The fourth-order valence-corrected chi connectivity index (χ4v) is 5.14. The highest BCUT2D eigenvalue weighted by Gasteiger charge is 2.06. The van der Waals surface area contributed by atoms with Crippen LogP contribution in [0.5, 0.6) is 0 Å². The number of nitrogens with one attached hydrogen (secondary N) is 1. The Morgan fingerprint density at radius 1 is 1.00 bits per heavy atom. The molecule has 2 aromatic heterocycles. The molecule has 1 atom stereocenters. The molecule has 0 amide bonds. The summed E-state index contributed by atoms with van der Waals surface area (Å²) in [6.45, 7) is 2.04. The van der Waals surface area contributed by atoms with E-state index in [9.17, 15) is 9.00 Å². The van der Waals surface area contributed by atoms with Gasteiger partial charge in [0.15, 0.2) is 5.16 Å². The number of unbranched alkanes of at least 4 members (excludes halogenated alkanes) is 4. The zero-order valence-electron chi connectivity index (χ0n) is 17.9. The molecule has 0 aliphatic heterocycles. The van der Waals surface area contributed by atoms with E-state index in [2.05, 4.69) is 15.0 Å². The minimum Gasteiger partial charge on any atom is -0.301 e. The first-order chi connectivity index (χ1) is 15.1. The molecule has 2 heterocycles. The van der Waals surface area contributed by atoms with E-state index in [1.807, 2.05) is 43.3 Å². The molecule has 0 saturated carbocycles. The van der Waals surface area contributed by atoms with E-state index < -0.39 is 10.8 Å². The van der Waals surface area contributed by atoms with Gasteiger partial charge < -0.3 is 4.98 Å². The van der Waals surface area contributed by atoms with Crippen molar-refractivity contribution in [1.29, 1.82) is 0 Å². The first-order valence-electron chi connectivity index (χ1n) is 10.7. The van der Waals surface area contributed by atoms with E-state index in [4.69, 9.17) is 0 Å². The van der Waals surface area contributed by atoms with Crippen molar-refractivity contribution in [3.63, 3.8) is 0 Å². The van der Waals surface area contributed by atoms with E-state index in [1.165, 1.54) is 5.56 Å². The van der Waals surface area contributed by atoms with Crippen molar-refractivity contribution in [3.05, 3.63) is 82.0 Å². The number of hydrogen-bond donors (Lipinski definition) is 1. The van der Waals surface area contributed by atoms with Crippen LogP contribution in [0.4, 0.5) is 0 Å². The Morgan fingerprint density at radius 3 is 2.52 bits per heavy atom. The van der Waals surface area contributed by atoms with Gasteiger partial charge in [0.1, 0.15) is 0 Å². The number of thioether (sulfide) groups is 1.